The summed E-state index contributed by atoms with van der Waals surface area (Å²) in [5.74, 6) is 1.38. The first-order valence-corrected chi connectivity index (χ1v) is 10.5. The SMILES string of the molecule is Cc1cc(C)cc(Nc2nccc(-n3cc(C)c(CN4CC[C@@H](NC(N)=O)C4)c3)n2)c1. The predicted octanol–water partition coefficient (Wildman–Crippen LogP) is 3.18. The first-order valence-electron chi connectivity index (χ1n) is 10.5. The molecule has 31 heavy (non-hydrogen) atoms. The molecule has 1 saturated heterocycles. The molecule has 3 heterocycles. The molecule has 2 amide bonds. The minimum Gasteiger partial charge on any atom is -0.352 e. The molecule has 8 heteroatoms. The molecule has 8 nitrogen and oxygen atoms in total. The number of hydrogen-bond acceptors (Lipinski definition) is 5. The van der Waals surface area contributed by atoms with Gasteiger partial charge in [-0.15, -0.1) is 0 Å². The smallest absolute Gasteiger partial charge is 0.312 e. The zero-order valence-corrected chi connectivity index (χ0v) is 18.2. The number of amides is 2. The van der Waals surface area contributed by atoms with E-state index in [1.165, 1.54) is 22.3 Å². The van der Waals surface area contributed by atoms with Crippen LogP contribution in [0.2, 0.25) is 0 Å². The number of carbonyl (C=O) groups excluding carboxylic acids is 1. The van der Waals surface area contributed by atoms with E-state index < -0.39 is 6.03 Å². The van der Waals surface area contributed by atoms with Crippen LogP contribution in [-0.2, 0) is 6.54 Å². The second-order valence-electron chi connectivity index (χ2n) is 8.34. The molecule has 1 fully saturated rings. The Balaban J connectivity index is 1.47. The van der Waals surface area contributed by atoms with Crippen LogP contribution < -0.4 is 16.4 Å². The second-order valence-corrected chi connectivity index (χ2v) is 8.34. The third-order valence-electron chi connectivity index (χ3n) is 5.53. The van der Waals surface area contributed by atoms with Gasteiger partial charge in [0.05, 0.1) is 0 Å². The van der Waals surface area contributed by atoms with Crippen LogP contribution in [0.15, 0.2) is 42.9 Å². The van der Waals surface area contributed by atoms with Crippen molar-refractivity contribution in [2.24, 2.45) is 5.73 Å². The average molecular weight is 420 g/mol. The van der Waals surface area contributed by atoms with Gasteiger partial charge in [0.1, 0.15) is 5.82 Å². The maximum Gasteiger partial charge on any atom is 0.312 e. The molecule has 3 aromatic rings. The highest BCUT2D eigenvalue weighted by Crippen LogP contribution is 2.21. The summed E-state index contributed by atoms with van der Waals surface area (Å²) in [5, 5.41) is 6.11. The highest BCUT2D eigenvalue weighted by atomic mass is 16.2. The molecular weight excluding hydrogens is 390 g/mol. The van der Waals surface area contributed by atoms with Crippen LogP contribution in [0.1, 0.15) is 28.7 Å². The molecule has 0 saturated carbocycles. The normalized spacial score (nSPS) is 16.4. The molecule has 1 aliphatic rings. The Kier molecular flexibility index (Phi) is 5.90. The first-order chi connectivity index (χ1) is 14.9. The first kappa shape index (κ1) is 20.9. The van der Waals surface area contributed by atoms with Crippen molar-refractivity contribution >= 4 is 17.7 Å². The molecule has 1 atom stereocenters. The Hall–Kier alpha value is -3.39. The second kappa shape index (κ2) is 8.77. The van der Waals surface area contributed by atoms with Crippen LogP contribution in [0.3, 0.4) is 0 Å². The van der Waals surface area contributed by atoms with E-state index in [0.717, 1.165) is 37.6 Å². The lowest BCUT2D eigenvalue weighted by Crippen LogP contribution is -2.40. The number of rotatable bonds is 6. The fourth-order valence-electron chi connectivity index (χ4n) is 4.16. The number of likely N-dealkylation sites (tertiary alicyclic amines) is 1. The van der Waals surface area contributed by atoms with Crippen molar-refractivity contribution in [1.29, 1.82) is 0 Å². The maximum atomic E-state index is 11.1. The highest BCUT2D eigenvalue weighted by Gasteiger charge is 2.24. The van der Waals surface area contributed by atoms with Crippen molar-refractivity contribution in [3.8, 4) is 5.82 Å². The lowest BCUT2D eigenvalue weighted by Gasteiger charge is -2.16. The number of anilines is 2. The zero-order valence-electron chi connectivity index (χ0n) is 18.2. The number of nitrogens with two attached hydrogens (primary N) is 1. The van der Waals surface area contributed by atoms with Gasteiger partial charge < -0.3 is 20.9 Å². The molecule has 0 radical (unpaired) electrons. The number of nitrogens with zero attached hydrogens (tertiary/aromatic N) is 4. The van der Waals surface area contributed by atoms with E-state index in [-0.39, 0.29) is 6.04 Å². The molecule has 0 aliphatic carbocycles. The van der Waals surface area contributed by atoms with Gasteiger partial charge in [0, 0.05) is 50.0 Å². The fraction of sp³-hybridized carbons (Fsp3) is 0.348. The molecule has 0 unspecified atom stereocenters. The van der Waals surface area contributed by atoms with Crippen molar-refractivity contribution < 1.29 is 4.79 Å². The molecule has 162 valence electrons. The number of aromatic nitrogens is 3. The van der Waals surface area contributed by atoms with Gasteiger partial charge in [-0.3, -0.25) is 4.90 Å². The van der Waals surface area contributed by atoms with E-state index in [4.69, 9.17) is 10.7 Å². The molecule has 1 aromatic carbocycles. The summed E-state index contributed by atoms with van der Waals surface area (Å²) in [7, 11) is 0. The maximum absolute atomic E-state index is 11.1. The Bertz CT molecular complexity index is 1070. The third-order valence-corrected chi connectivity index (χ3v) is 5.53. The lowest BCUT2D eigenvalue weighted by molar-refractivity contribution is 0.244. The highest BCUT2D eigenvalue weighted by molar-refractivity contribution is 5.72. The summed E-state index contributed by atoms with van der Waals surface area (Å²) < 4.78 is 2.04. The quantitative estimate of drug-likeness (QED) is 0.570. The van der Waals surface area contributed by atoms with Gasteiger partial charge in [0.25, 0.3) is 0 Å². The van der Waals surface area contributed by atoms with E-state index in [1.807, 2.05) is 10.6 Å². The van der Waals surface area contributed by atoms with E-state index >= 15 is 0 Å². The van der Waals surface area contributed by atoms with Crippen LogP contribution in [0.25, 0.3) is 5.82 Å². The molecule has 1 aliphatic heterocycles. The Labute approximate surface area is 182 Å². The number of carbonyl (C=O) groups is 1. The molecule has 2 aromatic heterocycles. The largest absolute Gasteiger partial charge is 0.352 e. The van der Waals surface area contributed by atoms with Crippen LogP contribution >= 0.6 is 0 Å². The van der Waals surface area contributed by atoms with Gasteiger partial charge in [0.15, 0.2) is 0 Å². The van der Waals surface area contributed by atoms with E-state index in [2.05, 4.69) is 71.9 Å². The standard InChI is InChI=1S/C23H29N7O/c1-15-8-16(2)10-20(9-15)27-23-25-6-4-21(28-23)30-11-17(3)18(13-30)12-29-7-5-19(14-29)26-22(24)31/h4,6,8-11,13,19H,5,7,12,14H2,1-3H3,(H3,24,26,31)(H,25,27,28)/t19-/m1/s1. The molecule has 0 spiro atoms. The minimum atomic E-state index is -0.455. The summed E-state index contributed by atoms with van der Waals surface area (Å²) in [6.45, 7) is 8.84. The van der Waals surface area contributed by atoms with Crippen LogP contribution in [-0.4, -0.2) is 44.6 Å². The fourth-order valence-corrected chi connectivity index (χ4v) is 4.16. The van der Waals surface area contributed by atoms with E-state index in [1.54, 1.807) is 6.20 Å². The van der Waals surface area contributed by atoms with E-state index in [0.29, 0.717) is 5.95 Å². The van der Waals surface area contributed by atoms with Crippen molar-refractivity contribution in [3.63, 3.8) is 0 Å². The third kappa shape index (κ3) is 5.21. The van der Waals surface area contributed by atoms with Crippen LogP contribution in [0.5, 0.6) is 0 Å². The predicted molar refractivity (Wildman–Crippen MR) is 122 cm³/mol. The van der Waals surface area contributed by atoms with Gasteiger partial charge in [-0.2, -0.15) is 4.98 Å². The summed E-state index contributed by atoms with van der Waals surface area (Å²) in [4.78, 5) is 22.5. The van der Waals surface area contributed by atoms with Crippen molar-refractivity contribution in [3.05, 3.63) is 65.1 Å². The summed E-state index contributed by atoms with van der Waals surface area (Å²) in [6, 6.07) is 7.87. The van der Waals surface area contributed by atoms with Crippen molar-refractivity contribution in [1.82, 2.24) is 24.8 Å². The van der Waals surface area contributed by atoms with E-state index in [9.17, 15) is 4.79 Å². The van der Waals surface area contributed by atoms with Gasteiger partial charge in [0.2, 0.25) is 5.95 Å². The lowest BCUT2D eigenvalue weighted by atomic mass is 10.1. The number of primary amides is 1. The summed E-state index contributed by atoms with van der Waals surface area (Å²) >= 11 is 0. The molecule has 0 bridgehead atoms. The average Bonchev–Trinajstić information content (AvgIpc) is 3.27. The van der Waals surface area contributed by atoms with Gasteiger partial charge >= 0.3 is 6.03 Å². The number of aryl methyl sites for hydroxylation is 3. The van der Waals surface area contributed by atoms with Crippen LogP contribution in [0.4, 0.5) is 16.4 Å². The number of hydrogen-bond donors (Lipinski definition) is 3. The zero-order chi connectivity index (χ0) is 22.0. The number of benzene rings is 1. The van der Waals surface area contributed by atoms with Crippen LogP contribution in [0, 0.1) is 20.8 Å². The van der Waals surface area contributed by atoms with Gasteiger partial charge in [-0.25, -0.2) is 9.78 Å². The molecular formula is C23H29N7O. The van der Waals surface area contributed by atoms with Gasteiger partial charge in [-0.05, 0) is 67.6 Å². The van der Waals surface area contributed by atoms with Gasteiger partial charge in [-0.1, -0.05) is 6.07 Å². The van der Waals surface area contributed by atoms with Crippen molar-refractivity contribution in [2.45, 2.75) is 39.8 Å². The summed E-state index contributed by atoms with van der Waals surface area (Å²) in [6.07, 6.45) is 6.89. The minimum absolute atomic E-state index is 0.126. The molecule has 4 rings (SSSR count). The Morgan fingerprint density at radius 3 is 2.71 bits per heavy atom. The Morgan fingerprint density at radius 2 is 1.97 bits per heavy atom. The topological polar surface area (TPSA) is 101 Å². The summed E-state index contributed by atoms with van der Waals surface area (Å²) in [5.41, 5.74) is 11.1. The Morgan fingerprint density at radius 1 is 1.19 bits per heavy atom. The molecule has 4 N–H and O–H groups in total. The number of nitrogens with one attached hydrogen (secondary N) is 2. The van der Waals surface area contributed by atoms with Crippen molar-refractivity contribution in [2.75, 3.05) is 18.4 Å². The monoisotopic (exact) mass is 419 g/mol. The number of urea groups is 1.